The molecule has 0 atom stereocenters. The summed E-state index contributed by atoms with van der Waals surface area (Å²) >= 11 is 0. The molecule has 9 aromatic rings. The van der Waals surface area contributed by atoms with Gasteiger partial charge in [0.25, 0.3) is 0 Å². The Morgan fingerprint density at radius 2 is 1.00 bits per heavy atom. The average molecular weight is 782 g/mol. The van der Waals surface area contributed by atoms with Gasteiger partial charge in [-0.25, -0.2) is 0 Å². The van der Waals surface area contributed by atoms with Crippen molar-refractivity contribution in [2.24, 2.45) is 0 Å². The molecule has 61 heavy (non-hydrogen) atoms. The first-order chi connectivity index (χ1) is 29.9. The lowest BCUT2D eigenvalue weighted by Crippen LogP contribution is -2.28. The van der Waals surface area contributed by atoms with Gasteiger partial charge in [-0.15, -0.1) is 0 Å². The standard InChI is InChI=1S/C60H47N/c1-5-17-48-40(2)28-29-42-38-46(34-36-49(42)48)61(45-32-30-41(31-33-45)50-24-16-25-54-52-23-12-14-26-55(52)59(3,4)58(50)54)47-35-37-53-51-22-13-15-27-56(51)60(57(53)39-47,43-18-8-6-9-19-43)44-20-10-7-11-21-44/h5-39H,1-4H3/b17-5-. The second-order valence-corrected chi connectivity index (χ2v) is 17.2. The lowest BCUT2D eigenvalue weighted by molar-refractivity contribution is 0.662. The van der Waals surface area contributed by atoms with Gasteiger partial charge >= 0.3 is 0 Å². The van der Waals surface area contributed by atoms with Crippen LogP contribution in [0.1, 0.15) is 65.3 Å². The Kier molecular flexibility index (Phi) is 8.58. The Labute approximate surface area is 359 Å². The second kappa shape index (κ2) is 14.2. The molecule has 1 heteroatoms. The highest BCUT2D eigenvalue weighted by atomic mass is 15.1. The average Bonchev–Trinajstić information content (AvgIpc) is 3.74. The molecule has 2 aliphatic carbocycles. The van der Waals surface area contributed by atoms with Gasteiger partial charge in [-0.1, -0.05) is 190 Å². The molecule has 9 aromatic carbocycles. The lowest BCUT2D eigenvalue weighted by Gasteiger charge is -2.35. The number of nitrogens with zero attached hydrogens (tertiary/aromatic N) is 1. The Morgan fingerprint density at radius 1 is 0.443 bits per heavy atom. The summed E-state index contributed by atoms with van der Waals surface area (Å²) in [5.74, 6) is 0. The van der Waals surface area contributed by atoms with Crippen molar-refractivity contribution in [3.63, 3.8) is 0 Å². The van der Waals surface area contributed by atoms with E-state index in [1.807, 2.05) is 0 Å². The van der Waals surface area contributed by atoms with E-state index in [4.69, 9.17) is 0 Å². The number of benzene rings is 9. The molecule has 0 unspecified atom stereocenters. The minimum atomic E-state index is -0.500. The van der Waals surface area contributed by atoms with Crippen LogP contribution in [0, 0.1) is 6.92 Å². The molecule has 0 aromatic heterocycles. The van der Waals surface area contributed by atoms with Gasteiger partial charge in [0, 0.05) is 22.5 Å². The van der Waals surface area contributed by atoms with Crippen LogP contribution in [0.2, 0.25) is 0 Å². The molecule has 0 fully saturated rings. The molecule has 0 amide bonds. The summed E-state index contributed by atoms with van der Waals surface area (Å²) in [5, 5.41) is 2.48. The first-order valence-electron chi connectivity index (χ1n) is 21.5. The molecule has 11 rings (SSSR count). The van der Waals surface area contributed by atoms with Gasteiger partial charge < -0.3 is 4.90 Å². The summed E-state index contributed by atoms with van der Waals surface area (Å²) < 4.78 is 0. The third kappa shape index (κ3) is 5.54. The van der Waals surface area contributed by atoms with Gasteiger partial charge in [-0.05, 0) is 139 Å². The molecule has 1 nitrogen and oxygen atoms in total. The highest BCUT2D eigenvalue weighted by Crippen LogP contribution is 2.58. The zero-order chi connectivity index (χ0) is 41.3. The van der Waals surface area contributed by atoms with Crippen LogP contribution in [0.15, 0.2) is 206 Å². The summed E-state index contributed by atoms with van der Waals surface area (Å²) in [6.07, 6.45) is 4.37. The van der Waals surface area contributed by atoms with Crippen molar-refractivity contribution in [3.8, 4) is 33.4 Å². The molecule has 2 aliphatic rings. The quantitative estimate of drug-likeness (QED) is 0.156. The van der Waals surface area contributed by atoms with Gasteiger partial charge in [0.1, 0.15) is 0 Å². The predicted molar refractivity (Wildman–Crippen MR) is 258 cm³/mol. The molecule has 0 saturated heterocycles. The Hall–Kier alpha value is -7.22. The highest BCUT2D eigenvalue weighted by molar-refractivity contribution is 5.97. The van der Waals surface area contributed by atoms with E-state index in [1.165, 1.54) is 88.7 Å². The minimum Gasteiger partial charge on any atom is -0.310 e. The topological polar surface area (TPSA) is 3.24 Å². The molecule has 0 spiro atoms. The molecule has 0 N–H and O–H groups in total. The third-order valence-corrected chi connectivity index (χ3v) is 13.6. The summed E-state index contributed by atoms with van der Waals surface area (Å²) in [6, 6.07) is 74.8. The van der Waals surface area contributed by atoms with E-state index in [2.05, 4.69) is 245 Å². The molecule has 0 saturated carbocycles. The lowest BCUT2D eigenvalue weighted by atomic mass is 9.67. The van der Waals surface area contributed by atoms with Crippen LogP contribution < -0.4 is 4.90 Å². The predicted octanol–water partition coefficient (Wildman–Crippen LogP) is 16.0. The number of aryl methyl sites for hydroxylation is 1. The van der Waals surface area contributed by atoms with Crippen LogP contribution in [0.5, 0.6) is 0 Å². The summed E-state index contributed by atoms with van der Waals surface area (Å²) in [6.45, 7) is 9.04. The molecule has 0 bridgehead atoms. The summed E-state index contributed by atoms with van der Waals surface area (Å²) in [5.41, 5.74) is 21.0. The Balaban J connectivity index is 1.12. The van der Waals surface area contributed by atoms with Crippen molar-refractivity contribution >= 4 is 33.9 Å². The normalized spacial score (nSPS) is 14.1. The van der Waals surface area contributed by atoms with Crippen molar-refractivity contribution in [2.75, 3.05) is 4.90 Å². The maximum atomic E-state index is 2.47. The van der Waals surface area contributed by atoms with Gasteiger partial charge in [0.15, 0.2) is 0 Å². The summed E-state index contributed by atoms with van der Waals surface area (Å²) in [4.78, 5) is 2.46. The smallest absolute Gasteiger partial charge is 0.0714 e. The van der Waals surface area contributed by atoms with Crippen LogP contribution in [0.25, 0.3) is 50.2 Å². The van der Waals surface area contributed by atoms with Crippen molar-refractivity contribution in [3.05, 3.63) is 251 Å². The van der Waals surface area contributed by atoms with E-state index in [9.17, 15) is 0 Å². The van der Waals surface area contributed by atoms with Crippen LogP contribution in [-0.4, -0.2) is 0 Å². The monoisotopic (exact) mass is 781 g/mol. The van der Waals surface area contributed by atoms with E-state index in [-0.39, 0.29) is 5.41 Å². The fourth-order valence-electron chi connectivity index (χ4n) is 10.9. The first kappa shape index (κ1) is 36.8. The van der Waals surface area contributed by atoms with E-state index in [0.717, 1.165) is 17.1 Å². The number of allylic oxidation sites excluding steroid dienone is 1. The van der Waals surface area contributed by atoms with Gasteiger partial charge in [0.2, 0.25) is 0 Å². The summed E-state index contributed by atoms with van der Waals surface area (Å²) in [7, 11) is 0. The van der Waals surface area contributed by atoms with E-state index < -0.39 is 5.41 Å². The molecule has 0 heterocycles. The van der Waals surface area contributed by atoms with E-state index >= 15 is 0 Å². The fraction of sp³-hybridized carbons (Fsp3) is 0.100. The van der Waals surface area contributed by atoms with Crippen molar-refractivity contribution in [2.45, 2.75) is 38.5 Å². The molecular weight excluding hydrogens is 735 g/mol. The van der Waals surface area contributed by atoms with E-state index in [1.54, 1.807) is 0 Å². The number of anilines is 3. The van der Waals surface area contributed by atoms with Gasteiger partial charge in [0.05, 0.1) is 5.41 Å². The minimum absolute atomic E-state index is 0.103. The Morgan fingerprint density at radius 3 is 1.70 bits per heavy atom. The second-order valence-electron chi connectivity index (χ2n) is 17.2. The van der Waals surface area contributed by atoms with Crippen LogP contribution in [0.4, 0.5) is 17.1 Å². The van der Waals surface area contributed by atoms with E-state index in [0.29, 0.717) is 0 Å². The number of hydrogen-bond donors (Lipinski definition) is 0. The molecule has 0 aliphatic heterocycles. The Bertz CT molecular complexity index is 3130. The highest BCUT2D eigenvalue weighted by Gasteiger charge is 2.46. The molecule has 292 valence electrons. The van der Waals surface area contributed by atoms with Gasteiger partial charge in [-0.2, -0.15) is 0 Å². The number of hydrogen-bond acceptors (Lipinski definition) is 1. The molecular formula is C60H47N. The van der Waals surface area contributed by atoms with Crippen molar-refractivity contribution in [1.29, 1.82) is 0 Å². The third-order valence-electron chi connectivity index (χ3n) is 13.6. The maximum Gasteiger partial charge on any atom is 0.0714 e. The van der Waals surface area contributed by atoms with Crippen LogP contribution in [0.3, 0.4) is 0 Å². The zero-order valence-electron chi connectivity index (χ0n) is 35.2. The van der Waals surface area contributed by atoms with Crippen LogP contribution in [-0.2, 0) is 10.8 Å². The van der Waals surface area contributed by atoms with Crippen LogP contribution >= 0.6 is 0 Å². The zero-order valence-corrected chi connectivity index (χ0v) is 35.2. The first-order valence-corrected chi connectivity index (χ1v) is 21.5. The van der Waals surface area contributed by atoms with Gasteiger partial charge in [-0.3, -0.25) is 0 Å². The fourth-order valence-corrected chi connectivity index (χ4v) is 10.9. The van der Waals surface area contributed by atoms with Crippen molar-refractivity contribution in [1.82, 2.24) is 0 Å². The molecule has 0 radical (unpaired) electrons. The number of fused-ring (bicyclic) bond motifs is 7. The number of rotatable bonds is 7. The van der Waals surface area contributed by atoms with Crippen molar-refractivity contribution < 1.29 is 0 Å². The SMILES string of the molecule is C/C=C\c1c(C)ccc2cc(N(c3ccc(-c4cccc5c4C(C)(C)c4ccccc4-5)cc3)c3ccc4c(c3)C(c3ccccc3)(c3ccccc3)c3ccccc3-4)ccc12. The maximum absolute atomic E-state index is 2.47. The largest absolute Gasteiger partial charge is 0.310 e.